The van der Waals surface area contributed by atoms with Gasteiger partial charge in [0.2, 0.25) is 12.0 Å². The predicted octanol–water partition coefficient (Wildman–Crippen LogP) is 5.02. The van der Waals surface area contributed by atoms with E-state index in [-0.39, 0.29) is 6.04 Å². The maximum Gasteiger partial charge on any atom is 0.214 e. The molecule has 2 aliphatic heterocycles. The lowest BCUT2D eigenvalue weighted by Crippen LogP contribution is -2.34. The number of hydrogen-bond acceptors (Lipinski definition) is 8. The molecule has 0 spiro atoms. The highest BCUT2D eigenvalue weighted by molar-refractivity contribution is 7.12. The van der Waals surface area contributed by atoms with Gasteiger partial charge in [0.1, 0.15) is 0 Å². The summed E-state index contributed by atoms with van der Waals surface area (Å²) in [7, 11) is 6.45. The first-order chi connectivity index (χ1) is 15.7. The minimum Gasteiger partial charge on any atom is -0.493 e. The van der Waals surface area contributed by atoms with Crippen LogP contribution in [0.3, 0.4) is 0 Å². The molecule has 166 valence electrons. The molecule has 2 aliphatic rings. The van der Waals surface area contributed by atoms with Crippen LogP contribution in [0.1, 0.15) is 34.7 Å². The van der Waals surface area contributed by atoms with E-state index in [1.165, 1.54) is 0 Å². The summed E-state index contributed by atoms with van der Waals surface area (Å²) in [5.41, 5.74) is 2.95. The average Bonchev–Trinajstić information content (AvgIpc) is 3.52. The highest BCUT2D eigenvalue weighted by Gasteiger charge is 2.42. The minimum atomic E-state index is -0.491. The third-order valence-electron chi connectivity index (χ3n) is 5.78. The van der Waals surface area contributed by atoms with Crippen LogP contribution in [0.4, 0.5) is 0 Å². The second-order valence-corrected chi connectivity index (χ2v) is 8.38. The second-order valence-electron chi connectivity index (χ2n) is 7.43. The van der Waals surface area contributed by atoms with Crippen molar-refractivity contribution in [3.05, 3.63) is 63.8 Å². The van der Waals surface area contributed by atoms with Crippen molar-refractivity contribution in [2.24, 2.45) is 5.10 Å². The van der Waals surface area contributed by atoms with Gasteiger partial charge in [-0.25, -0.2) is 5.01 Å². The molecule has 7 nitrogen and oxygen atoms in total. The molecule has 0 saturated carbocycles. The van der Waals surface area contributed by atoms with Crippen LogP contribution < -0.4 is 23.7 Å². The molecule has 8 heteroatoms. The van der Waals surface area contributed by atoms with Gasteiger partial charge in [0.25, 0.3) is 0 Å². The van der Waals surface area contributed by atoms with E-state index >= 15 is 0 Å². The molecular weight excluding hydrogens is 428 g/mol. The summed E-state index contributed by atoms with van der Waals surface area (Å²) in [4.78, 5) is 1.16. The van der Waals surface area contributed by atoms with Gasteiger partial charge in [0.15, 0.2) is 23.0 Å². The minimum absolute atomic E-state index is 0.0232. The molecule has 0 N–H and O–H groups in total. The fourth-order valence-corrected chi connectivity index (χ4v) is 5.02. The van der Waals surface area contributed by atoms with Crippen LogP contribution in [0.15, 0.2) is 52.9 Å². The molecule has 5 rings (SSSR count). The number of rotatable bonds is 6. The van der Waals surface area contributed by atoms with E-state index in [0.29, 0.717) is 23.0 Å². The number of ether oxygens (including phenoxy) is 5. The standard InChI is InChI=1S/C24H24N2O5S/c1-27-18-8-5-7-15-17-13-16(21-9-6-10-32-21)25-26(17)24(31-22(15)18)14-11-19(28-2)23(30-4)20(12-14)29-3/h5-12,17,24H,13H2,1-4H3. The van der Waals surface area contributed by atoms with E-state index in [1.54, 1.807) is 39.8 Å². The van der Waals surface area contributed by atoms with Gasteiger partial charge in [-0.05, 0) is 29.6 Å². The molecule has 0 amide bonds. The Kier molecular flexibility index (Phi) is 5.30. The Labute approximate surface area is 190 Å². The molecule has 2 unspecified atom stereocenters. The zero-order valence-corrected chi connectivity index (χ0v) is 19.1. The van der Waals surface area contributed by atoms with E-state index in [2.05, 4.69) is 17.5 Å². The summed E-state index contributed by atoms with van der Waals surface area (Å²) in [6.45, 7) is 0. The van der Waals surface area contributed by atoms with Gasteiger partial charge in [-0.2, -0.15) is 5.10 Å². The Morgan fingerprint density at radius 3 is 2.31 bits per heavy atom. The first-order valence-corrected chi connectivity index (χ1v) is 11.1. The van der Waals surface area contributed by atoms with Crippen LogP contribution in [0, 0.1) is 0 Å². The van der Waals surface area contributed by atoms with Crippen molar-refractivity contribution in [3.63, 3.8) is 0 Å². The van der Waals surface area contributed by atoms with Crippen LogP contribution >= 0.6 is 11.3 Å². The third-order valence-corrected chi connectivity index (χ3v) is 6.70. The molecule has 32 heavy (non-hydrogen) atoms. The topological polar surface area (TPSA) is 61.8 Å². The fraction of sp³-hybridized carbons (Fsp3) is 0.292. The summed E-state index contributed by atoms with van der Waals surface area (Å²) < 4.78 is 28.8. The number of fused-ring (bicyclic) bond motifs is 3. The summed E-state index contributed by atoms with van der Waals surface area (Å²) in [6, 6.07) is 14.0. The van der Waals surface area contributed by atoms with Gasteiger partial charge in [0, 0.05) is 17.5 Å². The van der Waals surface area contributed by atoms with Crippen molar-refractivity contribution >= 4 is 17.0 Å². The first-order valence-electron chi connectivity index (χ1n) is 10.2. The van der Waals surface area contributed by atoms with Crippen LogP contribution in [-0.4, -0.2) is 39.2 Å². The molecule has 3 heterocycles. The van der Waals surface area contributed by atoms with Crippen molar-refractivity contribution in [1.29, 1.82) is 0 Å². The Balaban J connectivity index is 1.66. The monoisotopic (exact) mass is 452 g/mol. The zero-order chi connectivity index (χ0) is 22.2. The summed E-state index contributed by atoms with van der Waals surface area (Å²) in [5.74, 6) is 3.10. The Morgan fingerprint density at radius 2 is 1.69 bits per heavy atom. The van der Waals surface area contributed by atoms with E-state index < -0.39 is 6.23 Å². The molecule has 0 radical (unpaired) electrons. The SMILES string of the molecule is COc1cc(C2Oc3c(OC)cccc3C3CC(c4cccs4)=NN32)cc(OC)c1OC. The average molecular weight is 453 g/mol. The van der Waals surface area contributed by atoms with Gasteiger partial charge in [0.05, 0.1) is 45.1 Å². The van der Waals surface area contributed by atoms with Gasteiger partial charge in [-0.1, -0.05) is 18.2 Å². The summed E-state index contributed by atoms with van der Waals surface area (Å²) in [6.07, 6.45) is 0.292. The molecule has 1 aromatic heterocycles. The van der Waals surface area contributed by atoms with Crippen LogP contribution in [0.5, 0.6) is 28.7 Å². The number of para-hydroxylation sites is 1. The third kappa shape index (κ3) is 3.22. The summed E-state index contributed by atoms with van der Waals surface area (Å²) in [5, 5.41) is 9.09. The molecule has 2 atom stereocenters. The lowest BCUT2D eigenvalue weighted by Gasteiger charge is -2.38. The van der Waals surface area contributed by atoms with Crippen molar-refractivity contribution in [2.45, 2.75) is 18.7 Å². The number of hydrogen-bond donors (Lipinski definition) is 0. The molecule has 0 fully saturated rings. The van der Waals surface area contributed by atoms with Crippen molar-refractivity contribution in [2.75, 3.05) is 28.4 Å². The van der Waals surface area contributed by atoms with E-state index in [0.717, 1.165) is 33.9 Å². The van der Waals surface area contributed by atoms with Crippen molar-refractivity contribution in [3.8, 4) is 28.7 Å². The van der Waals surface area contributed by atoms with Crippen LogP contribution in [0.25, 0.3) is 0 Å². The van der Waals surface area contributed by atoms with Crippen molar-refractivity contribution < 1.29 is 23.7 Å². The van der Waals surface area contributed by atoms with Crippen LogP contribution in [0.2, 0.25) is 0 Å². The van der Waals surface area contributed by atoms with Gasteiger partial charge >= 0.3 is 0 Å². The smallest absolute Gasteiger partial charge is 0.214 e. The highest BCUT2D eigenvalue weighted by atomic mass is 32.1. The first kappa shape index (κ1) is 20.5. The predicted molar refractivity (Wildman–Crippen MR) is 123 cm³/mol. The lowest BCUT2D eigenvalue weighted by atomic mass is 9.97. The van der Waals surface area contributed by atoms with E-state index in [1.807, 2.05) is 35.3 Å². The zero-order valence-electron chi connectivity index (χ0n) is 18.3. The molecular formula is C24H24N2O5S. The van der Waals surface area contributed by atoms with Gasteiger partial charge in [-0.15, -0.1) is 11.3 Å². The molecule has 0 aliphatic carbocycles. The Morgan fingerprint density at radius 1 is 0.938 bits per heavy atom. The van der Waals surface area contributed by atoms with Gasteiger partial charge in [-0.3, -0.25) is 0 Å². The number of benzene rings is 2. The largest absolute Gasteiger partial charge is 0.493 e. The maximum absolute atomic E-state index is 6.54. The Hall–Kier alpha value is -3.39. The molecule has 0 saturated heterocycles. The fourth-order valence-electron chi connectivity index (χ4n) is 4.30. The highest BCUT2D eigenvalue weighted by Crippen LogP contribution is 2.52. The lowest BCUT2D eigenvalue weighted by molar-refractivity contribution is -0.0211. The normalized spacial score (nSPS) is 18.9. The van der Waals surface area contributed by atoms with Crippen molar-refractivity contribution in [1.82, 2.24) is 5.01 Å². The number of nitrogens with zero attached hydrogens (tertiary/aromatic N) is 2. The number of methoxy groups -OCH3 is 4. The summed E-state index contributed by atoms with van der Waals surface area (Å²) >= 11 is 1.69. The maximum atomic E-state index is 6.54. The Bertz CT molecular complexity index is 1140. The molecule has 0 bridgehead atoms. The number of thiophene rings is 1. The second kappa shape index (κ2) is 8.27. The van der Waals surface area contributed by atoms with E-state index in [4.69, 9.17) is 28.8 Å². The number of hydrazone groups is 1. The molecule has 3 aromatic rings. The molecule has 2 aromatic carbocycles. The quantitative estimate of drug-likeness (QED) is 0.523. The van der Waals surface area contributed by atoms with Crippen LogP contribution in [-0.2, 0) is 0 Å². The van der Waals surface area contributed by atoms with E-state index in [9.17, 15) is 0 Å². The van der Waals surface area contributed by atoms with Gasteiger partial charge < -0.3 is 23.7 Å².